The van der Waals surface area contributed by atoms with E-state index < -0.39 is 0 Å². The number of fused-ring (bicyclic) bond motifs is 1. The number of nitrogens with zero attached hydrogens (tertiary/aromatic N) is 2. The molecule has 0 saturated heterocycles. The van der Waals surface area contributed by atoms with Gasteiger partial charge in [0.05, 0.1) is 11.9 Å². The molecule has 1 amide bonds. The first-order valence-corrected chi connectivity index (χ1v) is 10.6. The highest BCUT2D eigenvalue weighted by molar-refractivity contribution is 5.93. The molecule has 2 N–H and O–H groups in total. The van der Waals surface area contributed by atoms with E-state index in [1.807, 2.05) is 42.5 Å². The summed E-state index contributed by atoms with van der Waals surface area (Å²) in [6, 6.07) is 28.9. The van der Waals surface area contributed by atoms with Gasteiger partial charge >= 0.3 is 0 Å². The number of hydrogen-bond donors (Lipinski definition) is 2. The fourth-order valence-corrected chi connectivity index (χ4v) is 4.13. The number of rotatable bonds is 6. The minimum atomic E-state index is -0.236. The summed E-state index contributed by atoms with van der Waals surface area (Å²) >= 11 is 0. The van der Waals surface area contributed by atoms with Crippen molar-refractivity contribution in [3.8, 4) is 11.3 Å². The van der Waals surface area contributed by atoms with Gasteiger partial charge in [0.15, 0.2) is 0 Å². The van der Waals surface area contributed by atoms with Crippen LogP contribution in [0.15, 0.2) is 104 Å². The number of carbonyl (C=O) groups is 1. The molecule has 0 bridgehead atoms. The molecule has 156 valence electrons. The van der Waals surface area contributed by atoms with E-state index in [9.17, 15) is 4.79 Å². The summed E-state index contributed by atoms with van der Waals surface area (Å²) in [6.45, 7) is 0.432. The number of nitrogens with one attached hydrogen (secondary N) is 2. The van der Waals surface area contributed by atoms with Crippen LogP contribution >= 0.6 is 0 Å². The summed E-state index contributed by atoms with van der Waals surface area (Å²) in [7, 11) is 0. The minimum Gasteiger partial charge on any atom is -0.354 e. The Labute approximate surface area is 186 Å². The molecular formula is C27H22N4O. The Hall–Kier alpha value is -4.25. The summed E-state index contributed by atoms with van der Waals surface area (Å²) < 4.78 is 0. The van der Waals surface area contributed by atoms with E-state index in [0.29, 0.717) is 12.2 Å². The van der Waals surface area contributed by atoms with E-state index in [0.717, 1.165) is 33.3 Å². The smallest absolute Gasteiger partial charge is 0.271 e. The van der Waals surface area contributed by atoms with Crippen molar-refractivity contribution in [2.45, 2.75) is 5.92 Å². The van der Waals surface area contributed by atoms with Gasteiger partial charge < -0.3 is 10.3 Å². The van der Waals surface area contributed by atoms with E-state index in [4.69, 9.17) is 0 Å². The van der Waals surface area contributed by atoms with Crippen molar-refractivity contribution >= 4 is 16.8 Å². The number of carbonyl (C=O) groups excluding carboxylic acids is 1. The monoisotopic (exact) mass is 418 g/mol. The molecular weight excluding hydrogens is 396 g/mol. The van der Waals surface area contributed by atoms with Gasteiger partial charge in [-0.25, -0.2) is 4.98 Å². The predicted octanol–water partition coefficient (Wildman–Crippen LogP) is 5.19. The Balaban J connectivity index is 1.61. The van der Waals surface area contributed by atoms with Crippen molar-refractivity contribution in [3.63, 3.8) is 0 Å². The molecule has 1 atom stereocenters. The molecule has 0 aliphatic rings. The van der Waals surface area contributed by atoms with Crippen LogP contribution in [0.3, 0.4) is 0 Å². The molecule has 1 unspecified atom stereocenters. The quantitative estimate of drug-likeness (QED) is 0.399. The van der Waals surface area contributed by atoms with Crippen molar-refractivity contribution < 1.29 is 4.79 Å². The van der Waals surface area contributed by atoms with Gasteiger partial charge in [0.1, 0.15) is 5.69 Å². The van der Waals surface area contributed by atoms with Crippen molar-refractivity contribution in [3.05, 3.63) is 120 Å². The van der Waals surface area contributed by atoms with Crippen LogP contribution in [0.4, 0.5) is 0 Å². The first kappa shape index (κ1) is 19.7. The molecule has 5 aromatic rings. The number of aromatic amines is 1. The molecule has 0 aliphatic carbocycles. The highest BCUT2D eigenvalue weighted by Gasteiger charge is 2.24. The maximum absolute atomic E-state index is 12.7. The Morgan fingerprint density at radius 2 is 1.59 bits per heavy atom. The second-order valence-electron chi connectivity index (χ2n) is 7.59. The Morgan fingerprint density at radius 1 is 0.875 bits per heavy atom. The van der Waals surface area contributed by atoms with E-state index in [-0.39, 0.29) is 11.8 Å². The summed E-state index contributed by atoms with van der Waals surface area (Å²) in [5, 5.41) is 4.22. The van der Waals surface area contributed by atoms with Crippen molar-refractivity contribution in [1.29, 1.82) is 0 Å². The molecule has 32 heavy (non-hydrogen) atoms. The van der Waals surface area contributed by atoms with Gasteiger partial charge in [-0.2, -0.15) is 0 Å². The van der Waals surface area contributed by atoms with Gasteiger partial charge in [-0.3, -0.25) is 9.78 Å². The predicted molar refractivity (Wildman–Crippen MR) is 126 cm³/mol. The molecule has 0 spiro atoms. The van der Waals surface area contributed by atoms with Crippen LogP contribution in [-0.2, 0) is 0 Å². The standard InChI is InChI=1S/C27H22N4O/c32-27(24-18-28-15-16-29-24)30-17-22(19-9-3-1-4-10-19)25-21-13-7-8-14-23(21)31-26(25)20-11-5-2-6-12-20/h1-16,18,22,31H,17H2,(H,30,32). The third-order valence-corrected chi connectivity index (χ3v) is 5.62. The Bertz CT molecular complexity index is 1330. The van der Waals surface area contributed by atoms with Crippen LogP contribution in [0.1, 0.15) is 27.5 Å². The number of hydrogen-bond acceptors (Lipinski definition) is 3. The number of amides is 1. The van der Waals surface area contributed by atoms with Crippen molar-refractivity contribution in [2.75, 3.05) is 6.54 Å². The van der Waals surface area contributed by atoms with E-state index >= 15 is 0 Å². The molecule has 0 saturated carbocycles. The topological polar surface area (TPSA) is 70.7 Å². The largest absolute Gasteiger partial charge is 0.354 e. The number of aromatic nitrogens is 3. The van der Waals surface area contributed by atoms with Crippen molar-refractivity contribution in [2.24, 2.45) is 0 Å². The lowest BCUT2D eigenvalue weighted by molar-refractivity contribution is 0.0947. The fraction of sp³-hybridized carbons (Fsp3) is 0.0741. The summed E-state index contributed by atoms with van der Waals surface area (Å²) in [5.41, 5.74) is 5.85. The van der Waals surface area contributed by atoms with Crippen LogP contribution in [0.5, 0.6) is 0 Å². The molecule has 2 aromatic heterocycles. The molecule has 0 radical (unpaired) electrons. The zero-order valence-electron chi connectivity index (χ0n) is 17.4. The molecule has 0 aliphatic heterocycles. The van der Waals surface area contributed by atoms with Gasteiger partial charge in [-0.05, 0) is 22.8 Å². The maximum Gasteiger partial charge on any atom is 0.271 e. The first-order chi connectivity index (χ1) is 15.8. The lowest BCUT2D eigenvalue weighted by Crippen LogP contribution is -2.29. The summed E-state index contributed by atoms with van der Waals surface area (Å²) in [5.74, 6) is -0.289. The van der Waals surface area contributed by atoms with Gasteiger partial charge in [0.2, 0.25) is 0 Å². The molecule has 2 heterocycles. The fourth-order valence-electron chi connectivity index (χ4n) is 4.13. The van der Waals surface area contributed by atoms with E-state index in [2.05, 4.69) is 62.7 Å². The second kappa shape index (κ2) is 8.86. The number of benzene rings is 3. The van der Waals surface area contributed by atoms with Crippen LogP contribution in [-0.4, -0.2) is 27.4 Å². The lowest BCUT2D eigenvalue weighted by atomic mass is 9.87. The Kier molecular flexibility index (Phi) is 5.45. The van der Waals surface area contributed by atoms with Gasteiger partial charge in [0.25, 0.3) is 5.91 Å². The molecule has 0 fully saturated rings. The Morgan fingerprint density at radius 3 is 2.34 bits per heavy atom. The second-order valence-corrected chi connectivity index (χ2v) is 7.59. The number of para-hydroxylation sites is 1. The molecule has 5 heteroatoms. The third kappa shape index (κ3) is 3.88. The van der Waals surface area contributed by atoms with E-state index in [1.165, 1.54) is 12.4 Å². The van der Waals surface area contributed by atoms with Gasteiger partial charge in [-0.15, -0.1) is 0 Å². The highest BCUT2D eigenvalue weighted by Crippen LogP contribution is 2.38. The maximum atomic E-state index is 12.7. The zero-order chi connectivity index (χ0) is 21.8. The van der Waals surface area contributed by atoms with Gasteiger partial charge in [0, 0.05) is 35.8 Å². The summed E-state index contributed by atoms with van der Waals surface area (Å²) in [6.07, 6.45) is 4.56. The van der Waals surface area contributed by atoms with Crippen LogP contribution in [0, 0.1) is 0 Å². The molecule has 3 aromatic carbocycles. The van der Waals surface area contributed by atoms with Crippen LogP contribution in [0.2, 0.25) is 0 Å². The van der Waals surface area contributed by atoms with E-state index in [1.54, 1.807) is 6.20 Å². The average Bonchev–Trinajstić information content (AvgIpc) is 3.25. The van der Waals surface area contributed by atoms with Crippen LogP contribution in [0.25, 0.3) is 22.2 Å². The summed E-state index contributed by atoms with van der Waals surface area (Å²) in [4.78, 5) is 24.5. The normalized spacial score (nSPS) is 11.9. The van der Waals surface area contributed by atoms with Crippen LogP contribution < -0.4 is 5.32 Å². The molecule has 5 nitrogen and oxygen atoms in total. The first-order valence-electron chi connectivity index (χ1n) is 10.6. The number of H-pyrrole nitrogens is 1. The minimum absolute atomic E-state index is 0.0526. The lowest BCUT2D eigenvalue weighted by Gasteiger charge is -2.20. The third-order valence-electron chi connectivity index (χ3n) is 5.62. The SMILES string of the molecule is O=C(NCC(c1ccccc1)c1c(-c2ccccc2)[nH]c2ccccc12)c1cnccn1. The highest BCUT2D eigenvalue weighted by atomic mass is 16.1. The van der Waals surface area contributed by atoms with Gasteiger partial charge in [-0.1, -0.05) is 78.9 Å². The van der Waals surface area contributed by atoms with Crippen molar-refractivity contribution in [1.82, 2.24) is 20.3 Å². The average molecular weight is 419 g/mol. The zero-order valence-corrected chi connectivity index (χ0v) is 17.4. The molecule has 5 rings (SSSR count).